The van der Waals surface area contributed by atoms with Gasteiger partial charge < -0.3 is 15.0 Å². The van der Waals surface area contributed by atoms with Gasteiger partial charge in [-0.05, 0) is 25.3 Å². The monoisotopic (exact) mass is 318 g/mol. The van der Waals surface area contributed by atoms with E-state index in [0.29, 0.717) is 5.56 Å². The molecule has 2 rings (SSSR count). The molecule has 22 heavy (non-hydrogen) atoms. The first-order valence-electron chi connectivity index (χ1n) is 6.86. The number of carbonyl (C=O) groups excluding carboxylic acids is 1. The number of rotatable bonds is 2. The standard InChI is InChI=1S/C14H17F3N2O3/c1-9-6-11(21)18-7-10(9)12(22)19-4-2-13(8-20,3-5-19)14(15,16)17/h6-7,20H,2-5,8H2,1H3,(H,18,21). The van der Waals surface area contributed by atoms with Crippen LogP contribution in [0.15, 0.2) is 17.1 Å². The third kappa shape index (κ3) is 2.87. The number of aromatic nitrogens is 1. The molecule has 2 heterocycles. The third-order valence-corrected chi connectivity index (χ3v) is 4.27. The van der Waals surface area contributed by atoms with Crippen LogP contribution in [0.1, 0.15) is 28.8 Å². The van der Waals surface area contributed by atoms with Crippen molar-refractivity contribution in [1.82, 2.24) is 9.88 Å². The van der Waals surface area contributed by atoms with Crippen molar-refractivity contribution in [2.75, 3.05) is 19.7 Å². The largest absolute Gasteiger partial charge is 0.396 e. The Morgan fingerprint density at radius 2 is 2.00 bits per heavy atom. The Morgan fingerprint density at radius 1 is 1.41 bits per heavy atom. The van der Waals surface area contributed by atoms with Gasteiger partial charge in [0.05, 0.1) is 17.6 Å². The molecule has 0 unspecified atom stereocenters. The fourth-order valence-electron chi connectivity index (χ4n) is 2.64. The van der Waals surface area contributed by atoms with Gasteiger partial charge in [-0.1, -0.05) is 0 Å². The van der Waals surface area contributed by atoms with Gasteiger partial charge in [0.1, 0.15) is 0 Å². The zero-order valence-electron chi connectivity index (χ0n) is 12.0. The second-order valence-corrected chi connectivity index (χ2v) is 5.62. The molecule has 0 radical (unpaired) electrons. The van der Waals surface area contributed by atoms with E-state index in [0.717, 1.165) is 0 Å². The van der Waals surface area contributed by atoms with Crippen molar-refractivity contribution in [3.05, 3.63) is 33.7 Å². The van der Waals surface area contributed by atoms with Crippen LogP contribution in [0.25, 0.3) is 0 Å². The number of amides is 1. The van der Waals surface area contributed by atoms with Crippen LogP contribution in [0.3, 0.4) is 0 Å². The fraction of sp³-hybridized carbons (Fsp3) is 0.571. The summed E-state index contributed by atoms with van der Waals surface area (Å²) in [7, 11) is 0. The van der Waals surface area contributed by atoms with Crippen molar-refractivity contribution >= 4 is 5.91 Å². The third-order valence-electron chi connectivity index (χ3n) is 4.27. The number of likely N-dealkylation sites (tertiary alicyclic amines) is 1. The summed E-state index contributed by atoms with van der Waals surface area (Å²) in [5, 5.41) is 9.13. The lowest BCUT2D eigenvalue weighted by atomic mass is 9.78. The Labute approximate surface area is 124 Å². The van der Waals surface area contributed by atoms with Gasteiger partial charge in [0.2, 0.25) is 5.56 Å². The fourth-order valence-corrected chi connectivity index (χ4v) is 2.64. The molecule has 0 atom stereocenters. The lowest BCUT2D eigenvalue weighted by Crippen LogP contribution is -2.51. The first-order chi connectivity index (χ1) is 10.2. The minimum absolute atomic E-state index is 0.0858. The zero-order chi connectivity index (χ0) is 16.5. The topological polar surface area (TPSA) is 73.4 Å². The lowest BCUT2D eigenvalue weighted by Gasteiger charge is -2.41. The van der Waals surface area contributed by atoms with E-state index in [9.17, 15) is 22.8 Å². The SMILES string of the molecule is Cc1cc(=O)[nH]cc1C(=O)N1CCC(CO)(C(F)(F)F)CC1. The average Bonchev–Trinajstić information content (AvgIpc) is 2.45. The smallest absolute Gasteiger partial charge is 0.395 e. The quantitative estimate of drug-likeness (QED) is 0.867. The highest BCUT2D eigenvalue weighted by atomic mass is 19.4. The molecule has 5 nitrogen and oxygen atoms in total. The number of aliphatic hydroxyl groups is 1. The van der Waals surface area contributed by atoms with Crippen LogP contribution in [0.2, 0.25) is 0 Å². The van der Waals surface area contributed by atoms with Crippen LogP contribution in [-0.4, -0.2) is 46.8 Å². The van der Waals surface area contributed by atoms with Crippen molar-refractivity contribution in [3.63, 3.8) is 0 Å². The van der Waals surface area contributed by atoms with E-state index in [4.69, 9.17) is 5.11 Å². The van der Waals surface area contributed by atoms with E-state index in [2.05, 4.69) is 4.98 Å². The summed E-state index contributed by atoms with van der Waals surface area (Å²) in [6.45, 7) is 0.450. The molecule has 1 fully saturated rings. The molecule has 0 aromatic carbocycles. The highest BCUT2D eigenvalue weighted by Gasteiger charge is 2.55. The first-order valence-corrected chi connectivity index (χ1v) is 6.86. The summed E-state index contributed by atoms with van der Waals surface area (Å²) in [6, 6.07) is 1.27. The summed E-state index contributed by atoms with van der Waals surface area (Å²) < 4.78 is 39.2. The number of halogens is 3. The Morgan fingerprint density at radius 3 is 2.45 bits per heavy atom. The van der Waals surface area contributed by atoms with Gasteiger partial charge in [-0.25, -0.2) is 0 Å². The van der Waals surface area contributed by atoms with Crippen LogP contribution in [-0.2, 0) is 0 Å². The number of H-pyrrole nitrogens is 1. The molecular weight excluding hydrogens is 301 g/mol. The number of pyridine rings is 1. The Hall–Kier alpha value is -1.83. The lowest BCUT2D eigenvalue weighted by molar-refractivity contribution is -0.247. The van der Waals surface area contributed by atoms with Gasteiger partial charge in [0.15, 0.2) is 0 Å². The van der Waals surface area contributed by atoms with Crippen LogP contribution in [0, 0.1) is 12.3 Å². The molecule has 8 heteroatoms. The molecule has 1 aliphatic heterocycles. The van der Waals surface area contributed by atoms with Crippen molar-refractivity contribution in [2.45, 2.75) is 25.9 Å². The number of aromatic amines is 1. The summed E-state index contributed by atoms with van der Waals surface area (Å²) >= 11 is 0. The molecule has 0 aliphatic carbocycles. The summed E-state index contributed by atoms with van der Waals surface area (Å²) in [5.41, 5.74) is -1.74. The molecule has 1 aromatic heterocycles. The molecule has 0 saturated carbocycles. The summed E-state index contributed by atoms with van der Waals surface area (Å²) in [5.74, 6) is -0.414. The molecule has 122 valence electrons. The maximum atomic E-state index is 13.1. The molecule has 1 amide bonds. The zero-order valence-corrected chi connectivity index (χ0v) is 12.0. The van der Waals surface area contributed by atoms with Gasteiger partial charge in [0, 0.05) is 25.4 Å². The minimum Gasteiger partial charge on any atom is -0.395 e. The summed E-state index contributed by atoms with van der Waals surface area (Å²) in [4.78, 5) is 27.2. The van der Waals surface area contributed by atoms with Crippen molar-refractivity contribution in [2.24, 2.45) is 5.41 Å². The highest BCUT2D eigenvalue weighted by molar-refractivity contribution is 5.95. The number of nitrogens with zero attached hydrogens (tertiary/aromatic N) is 1. The highest BCUT2D eigenvalue weighted by Crippen LogP contribution is 2.45. The number of hydrogen-bond acceptors (Lipinski definition) is 3. The van der Waals surface area contributed by atoms with Crippen LogP contribution < -0.4 is 5.56 Å². The Bertz CT molecular complexity index is 616. The molecule has 1 saturated heterocycles. The molecule has 2 N–H and O–H groups in total. The number of carbonyl (C=O) groups is 1. The number of hydrogen-bond donors (Lipinski definition) is 2. The number of nitrogens with one attached hydrogen (secondary N) is 1. The second kappa shape index (κ2) is 5.75. The van der Waals surface area contributed by atoms with Gasteiger partial charge in [-0.15, -0.1) is 0 Å². The maximum Gasteiger partial charge on any atom is 0.396 e. The molecule has 0 bridgehead atoms. The predicted molar refractivity (Wildman–Crippen MR) is 72.5 cm³/mol. The number of alkyl halides is 3. The molecular formula is C14H17F3N2O3. The second-order valence-electron chi connectivity index (χ2n) is 5.62. The van der Waals surface area contributed by atoms with Crippen LogP contribution >= 0.6 is 0 Å². The van der Waals surface area contributed by atoms with Crippen LogP contribution in [0.4, 0.5) is 13.2 Å². The van der Waals surface area contributed by atoms with E-state index in [1.54, 1.807) is 6.92 Å². The number of piperidine rings is 1. The summed E-state index contributed by atoms with van der Waals surface area (Å²) in [6.07, 6.45) is -3.88. The van der Waals surface area contributed by atoms with E-state index in [-0.39, 0.29) is 37.1 Å². The Kier molecular flexibility index (Phi) is 4.32. The number of aryl methyl sites for hydroxylation is 1. The number of aliphatic hydroxyl groups excluding tert-OH is 1. The molecule has 0 spiro atoms. The van der Waals surface area contributed by atoms with Crippen molar-refractivity contribution in [3.8, 4) is 0 Å². The molecule has 1 aliphatic rings. The minimum atomic E-state index is -4.50. The normalized spacial score (nSPS) is 18.3. The average molecular weight is 318 g/mol. The van der Waals surface area contributed by atoms with Crippen molar-refractivity contribution in [1.29, 1.82) is 0 Å². The maximum absolute atomic E-state index is 13.1. The van der Waals surface area contributed by atoms with E-state index < -0.39 is 24.1 Å². The van der Waals surface area contributed by atoms with Gasteiger partial charge in [-0.3, -0.25) is 9.59 Å². The molecule has 1 aromatic rings. The van der Waals surface area contributed by atoms with E-state index in [1.807, 2.05) is 0 Å². The van der Waals surface area contributed by atoms with Gasteiger partial charge >= 0.3 is 6.18 Å². The Balaban J connectivity index is 2.14. The van der Waals surface area contributed by atoms with Gasteiger partial charge in [-0.2, -0.15) is 13.2 Å². The predicted octanol–water partition coefficient (Wildman–Crippen LogP) is 1.46. The van der Waals surface area contributed by atoms with Crippen LogP contribution in [0.5, 0.6) is 0 Å². The van der Waals surface area contributed by atoms with Gasteiger partial charge in [0.25, 0.3) is 5.91 Å². The first kappa shape index (κ1) is 16.5. The van der Waals surface area contributed by atoms with Crippen molar-refractivity contribution < 1.29 is 23.1 Å². The van der Waals surface area contributed by atoms with E-state index in [1.165, 1.54) is 17.2 Å². The van der Waals surface area contributed by atoms with E-state index >= 15 is 0 Å².